The lowest BCUT2D eigenvalue weighted by Crippen LogP contribution is -2.40. The molecule has 0 amide bonds. The van der Waals surface area contributed by atoms with Gasteiger partial charge in [0.05, 0.1) is 35.0 Å². The Labute approximate surface area is 95.3 Å². The average molecular weight is 266 g/mol. The summed E-state index contributed by atoms with van der Waals surface area (Å²) in [5.74, 6) is 0.792. The molecule has 2 aliphatic heterocycles. The Bertz CT molecular complexity index is 465. The van der Waals surface area contributed by atoms with Crippen molar-refractivity contribution in [2.24, 2.45) is 17.6 Å². The van der Waals surface area contributed by atoms with Crippen molar-refractivity contribution in [1.29, 1.82) is 5.26 Å². The number of rotatable bonds is 1. The van der Waals surface area contributed by atoms with Crippen LogP contribution in [0.3, 0.4) is 0 Å². The Balaban J connectivity index is 0.000000160. The van der Waals surface area contributed by atoms with Crippen molar-refractivity contribution in [2.75, 3.05) is 29.6 Å². The van der Waals surface area contributed by atoms with Crippen LogP contribution in [0.5, 0.6) is 0 Å². The van der Waals surface area contributed by atoms with Gasteiger partial charge in [-0.15, -0.1) is 0 Å². The minimum atomic E-state index is -2.77. The summed E-state index contributed by atoms with van der Waals surface area (Å²) in [7, 11) is -5.39. The van der Waals surface area contributed by atoms with E-state index < -0.39 is 19.7 Å². The van der Waals surface area contributed by atoms with Crippen molar-refractivity contribution in [3.8, 4) is 6.07 Å². The monoisotopic (exact) mass is 266 g/mol. The molecule has 0 bridgehead atoms. The first-order valence-electron chi connectivity index (χ1n) is 4.78. The first-order chi connectivity index (χ1) is 7.28. The summed E-state index contributed by atoms with van der Waals surface area (Å²) >= 11 is 0. The number of nitrogens with zero attached hydrogens (tertiary/aromatic N) is 1. The molecule has 0 unspecified atom stereocenters. The van der Waals surface area contributed by atoms with E-state index in [1.54, 1.807) is 0 Å². The maximum absolute atomic E-state index is 10.4. The molecule has 92 valence electrons. The maximum Gasteiger partial charge on any atom is 0.152 e. The Morgan fingerprint density at radius 2 is 1.50 bits per heavy atom. The van der Waals surface area contributed by atoms with E-state index >= 15 is 0 Å². The fourth-order valence-electron chi connectivity index (χ4n) is 1.44. The van der Waals surface area contributed by atoms with Gasteiger partial charge in [-0.05, 0) is 12.5 Å². The molecule has 2 rings (SSSR count). The molecule has 2 heterocycles. The fraction of sp³-hybridized carbons (Fsp3) is 0.875. The van der Waals surface area contributed by atoms with E-state index in [1.807, 2.05) is 6.07 Å². The quantitative estimate of drug-likeness (QED) is 0.620. The number of nitrogens with two attached hydrogens (primary N) is 1. The highest BCUT2D eigenvalue weighted by Gasteiger charge is 2.33. The van der Waals surface area contributed by atoms with E-state index in [4.69, 9.17) is 11.0 Å². The average Bonchev–Trinajstić information content (AvgIpc) is 2.10. The van der Waals surface area contributed by atoms with Crippen molar-refractivity contribution in [3.63, 3.8) is 0 Å². The lowest BCUT2D eigenvalue weighted by Gasteiger charge is -2.23. The molecule has 0 radical (unpaired) electrons. The summed E-state index contributed by atoms with van der Waals surface area (Å²) in [6.07, 6.45) is 0. The van der Waals surface area contributed by atoms with Gasteiger partial charge in [-0.2, -0.15) is 5.26 Å². The van der Waals surface area contributed by atoms with E-state index in [2.05, 4.69) is 0 Å². The predicted molar refractivity (Wildman–Crippen MR) is 59.0 cm³/mol. The van der Waals surface area contributed by atoms with E-state index in [1.165, 1.54) is 0 Å². The molecule has 6 nitrogen and oxygen atoms in total. The van der Waals surface area contributed by atoms with Gasteiger partial charge in [0.25, 0.3) is 0 Å². The topological polar surface area (TPSA) is 118 Å². The van der Waals surface area contributed by atoms with Crippen molar-refractivity contribution in [2.45, 2.75) is 0 Å². The van der Waals surface area contributed by atoms with Gasteiger partial charge in [-0.3, -0.25) is 0 Å². The molecule has 0 aromatic carbocycles. The molecule has 8 heteroatoms. The summed E-state index contributed by atoms with van der Waals surface area (Å²) in [6, 6.07) is 1.88. The first kappa shape index (κ1) is 13.4. The SMILES string of the molecule is N#CC1CS(=O)(=O)C1.NCC1CS(=O)(=O)C1. The standard InChI is InChI=1S/C4H9NO2S.C4H5NO2S/c2*5-1-4-2-8(6,7)3-4/h4H,1-3,5H2;4H,2-3H2. The highest BCUT2D eigenvalue weighted by molar-refractivity contribution is 7.93. The van der Waals surface area contributed by atoms with Gasteiger partial charge in [0, 0.05) is 0 Å². The summed E-state index contributed by atoms with van der Waals surface area (Å²) < 4.78 is 41.4. The highest BCUT2D eigenvalue weighted by atomic mass is 32.2. The third kappa shape index (κ3) is 3.73. The van der Waals surface area contributed by atoms with Crippen molar-refractivity contribution in [1.82, 2.24) is 0 Å². The Kier molecular flexibility index (Phi) is 3.93. The molecule has 0 spiro atoms. The van der Waals surface area contributed by atoms with Crippen LogP contribution < -0.4 is 5.73 Å². The summed E-state index contributed by atoms with van der Waals surface area (Å²) in [4.78, 5) is 0. The molecular formula is C8H14N2O4S2. The van der Waals surface area contributed by atoms with Gasteiger partial charge in [-0.25, -0.2) is 16.8 Å². The van der Waals surface area contributed by atoms with Crippen LogP contribution in [0.2, 0.25) is 0 Å². The van der Waals surface area contributed by atoms with Crippen LogP contribution in [0.25, 0.3) is 0 Å². The molecule has 2 N–H and O–H groups in total. The lowest BCUT2D eigenvalue weighted by molar-refractivity contribution is 0.526. The van der Waals surface area contributed by atoms with Crippen LogP contribution in [0.4, 0.5) is 0 Å². The lowest BCUT2D eigenvalue weighted by atomic mass is 10.2. The van der Waals surface area contributed by atoms with Crippen LogP contribution in [0.15, 0.2) is 0 Å². The van der Waals surface area contributed by atoms with Crippen LogP contribution in [-0.2, 0) is 19.7 Å². The summed E-state index contributed by atoms with van der Waals surface area (Å²) in [5, 5.41) is 8.10. The zero-order chi connectivity index (χ0) is 12.4. The predicted octanol–water partition coefficient (Wildman–Crippen LogP) is -1.46. The van der Waals surface area contributed by atoms with Gasteiger partial charge < -0.3 is 5.73 Å². The van der Waals surface area contributed by atoms with Crippen molar-refractivity contribution >= 4 is 19.7 Å². The molecule has 2 fully saturated rings. The highest BCUT2D eigenvalue weighted by Crippen LogP contribution is 2.16. The molecular weight excluding hydrogens is 252 g/mol. The summed E-state index contributed by atoms with van der Waals surface area (Å²) in [5.41, 5.74) is 5.19. The second-order valence-electron chi connectivity index (χ2n) is 4.08. The molecule has 16 heavy (non-hydrogen) atoms. The fourth-order valence-corrected chi connectivity index (χ4v) is 4.33. The van der Waals surface area contributed by atoms with Gasteiger partial charge in [0.2, 0.25) is 0 Å². The van der Waals surface area contributed by atoms with Crippen LogP contribution in [0.1, 0.15) is 0 Å². The van der Waals surface area contributed by atoms with Crippen LogP contribution >= 0.6 is 0 Å². The zero-order valence-corrected chi connectivity index (χ0v) is 10.3. The second-order valence-corrected chi connectivity index (χ2v) is 8.39. The van der Waals surface area contributed by atoms with Crippen molar-refractivity contribution in [3.05, 3.63) is 0 Å². The van der Waals surface area contributed by atoms with Crippen LogP contribution in [-0.4, -0.2) is 46.4 Å². The molecule has 0 atom stereocenters. The number of hydrogen-bond donors (Lipinski definition) is 1. The zero-order valence-electron chi connectivity index (χ0n) is 8.66. The van der Waals surface area contributed by atoms with E-state index in [0.29, 0.717) is 18.1 Å². The maximum atomic E-state index is 10.4. The third-order valence-electron chi connectivity index (χ3n) is 2.41. The smallest absolute Gasteiger partial charge is 0.152 e. The summed E-state index contributed by atoms with van der Waals surface area (Å²) in [6.45, 7) is 0.513. The van der Waals surface area contributed by atoms with Gasteiger partial charge in [0.15, 0.2) is 19.7 Å². The second kappa shape index (κ2) is 4.69. The third-order valence-corrected chi connectivity index (χ3v) is 6.18. The molecule has 0 aliphatic carbocycles. The largest absolute Gasteiger partial charge is 0.330 e. The minimum absolute atomic E-state index is 0.0729. The molecule has 2 aliphatic rings. The van der Waals surface area contributed by atoms with E-state index in [-0.39, 0.29) is 23.3 Å². The molecule has 2 saturated heterocycles. The Morgan fingerprint density at radius 3 is 1.62 bits per heavy atom. The first-order valence-corrected chi connectivity index (χ1v) is 8.43. The minimum Gasteiger partial charge on any atom is -0.330 e. The number of sulfone groups is 2. The number of nitriles is 1. The van der Waals surface area contributed by atoms with E-state index in [0.717, 1.165) is 0 Å². The Hall–Kier alpha value is -0.650. The van der Waals surface area contributed by atoms with Gasteiger partial charge >= 0.3 is 0 Å². The molecule has 0 aromatic rings. The van der Waals surface area contributed by atoms with Crippen LogP contribution in [0, 0.1) is 23.2 Å². The molecule has 0 aromatic heterocycles. The normalized spacial score (nSPS) is 26.5. The Morgan fingerprint density at radius 1 is 1.06 bits per heavy atom. The van der Waals surface area contributed by atoms with Gasteiger partial charge in [0.1, 0.15) is 0 Å². The number of hydrogen-bond acceptors (Lipinski definition) is 6. The van der Waals surface area contributed by atoms with E-state index in [9.17, 15) is 16.8 Å². The molecule has 0 saturated carbocycles. The van der Waals surface area contributed by atoms with Gasteiger partial charge in [-0.1, -0.05) is 0 Å². The van der Waals surface area contributed by atoms with Crippen molar-refractivity contribution < 1.29 is 16.8 Å².